The molecule has 0 radical (unpaired) electrons. The number of carbonyl (C=O) groups is 3. The zero-order valence-electron chi connectivity index (χ0n) is 25.3. The number of carboxylic acids is 1. The number of anilines is 2. The Kier molecular flexibility index (Phi) is 11.1. The molecule has 0 aliphatic carbocycles. The van der Waals surface area contributed by atoms with Crippen molar-refractivity contribution in [2.24, 2.45) is 0 Å². The first kappa shape index (κ1) is 31.8. The highest BCUT2D eigenvalue weighted by Gasteiger charge is 2.21. The van der Waals surface area contributed by atoms with E-state index in [0.29, 0.717) is 42.1 Å². The second kappa shape index (κ2) is 15.3. The molecule has 1 atom stereocenters. The number of nitrogens with one attached hydrogen (secondary N) is 1. The van der Waals surface area contributed by atoms with Gasteiger partial charge in [-0.05, 0) is 74.7 Å². The lowest BCUT2D eigenvalue weighted by Gasteiger charge is -2.22. The molecule has 0 saturated carbocycles. The average Bonchev–Trinajstić information content (AvgIpc) is 3.01. The van der Waals surface area contributed by atoms with Crippen molar-refractivity contribution in [3.8, 4) is 5.75 Å². The molecule has 44 heavy (non-hydrogen) atoms. The van der Waals surface area contributed by atoms with Gasteiger partial charge in [0.25, 0.3) is 5.91 Å². The minimum absolute atomic E-state index is 0.0615. The third kappa shape index (κ3) is 8.91. The number of aryl methyl sites for hydroxylation is 1. The van der Waals surface area contributed by atoms with Crippen LogP contribution in [0.25, 0.3) is 0 Å². The lowest BCUT2D eigenvalue weighted by atomic mass is 10.00. The van der Waals surface area contributed by atoms with Crippen LogP contribution >= 0.6 is 0 Å². The van der Waals surface area contributed by atoms with Gasteiger partial charge < -0.3 is 20.1 Å². The largest absolute Gasteiger partial charge is 0.494 e. The second-order valence-electron chi connectivity index (χ2n) is 10.9. The molecule has 0 bridgehead atoms. The molecule has 4 aromatic rings. The first-order valence-electron chi connectivity index (χ1n) is 14.6. The molecule has 0 spiro atoms. The zero-order chi connectivity index (χ0) is 31.5. The van der Waals surface area contributed by atoms with Crippen LogP contribution in [0, 0.1) is 6.92 Å². The number of benzene rings is 4. The highest BCUT2D eigenvalue weighted by Crippen LogP contribution is 2.22. The standard InChI is InChI=1S/C37H38N2O5/c1-26(2)23-35(40)39(30-14-9-11-27(3)24-30)21-10-22-44-31-19-17-28(18-20-31)25-34(37(42)43)38-33-16-8-7-15-32(33)36(41)29-12-5-4-6-13-29/h4-9,11-20,23-24,34,38H,10,21-22,25H2,1-3H3,(H,42,43)/t34-/m0/s1. The van der Waals surface area contributed by atoms with Crippen LogP contribution in [0.5, 0.6) is 5.75 Å². The van der Waals surface area contributed by atoms with E-state index in [9.17, 15) is 19.5 Å². The summed E-state index contributed by atoms with van der Waals surface area (Å²) in [5.41, 5.74) is 5.10. The number of ether oxygens (including phenoxy) is 1. The number of aliphatic carboxylic acids is 1. The Bertz CT molecular complexity index is 1610. The Morgan fingerprint density at radius 1 is 0.886 bits per heavy atom. The summed E-state index contributed by atoms with van der Waals surface area (Å²) in [5.74, 6) is -0.602. The number of hydrogen-bond donors (Lipinski definition) is 2. The van der Waals surface area contributed by atoms with Crippen LogP contribution in [0.15, 0.2) is 115 Å². The van der Waals surface area contributed by atoms with Crippen LogP contribution < -0.4 is 15.0 Å². The number of para-hydroxylation sites is 1. The van der Waals surface area contributed by atoms with Gasteiger partial charge >= 0.3 is 5.97 Å². The third-order valence-electron chi connectivity index (χ3n) is 6.98. The molecule has 0 unspecified atom stereocenters. The first-order valence-corrected chi connectivity index (χ1v) is 14.6. The molecule has 0 saturated heterocycles. The van der Waals surface area contributed by atoms with E-state index in [4.69, 9.17) is 4.74 Å². The van der Waals surface area contributed by atoms with Gasteiger partial charge in [0.2, 0.25) is 0 Å². The van der Waals surface area contributed by atoms with E-state index in [1.807, 2.05) is 75.4 Å². The maximum Gasteiger partial charge on any atom is 0.326 e. The van der Waals surface area contributed by atoms with E-state index in [0.717, 1.165) is 22.4 Å². The number of ketones is 1. The number of nitrogens with zero attached hydrogens (tertiary/aromatic N) is 1. The summed E-state index contributed by atoms with van der Waals surface area (Å²) < 4.78 is 5.94. The molecule has 4 aromatic carbocycles. The molecule has 2 N–H and O–H groups in total. The number of amides is 1. The normalized spacial score (nSPS) is 11.2. The average molecular weight is 591 g/mol. The summed E-state index contributed by atoms with van der Waals surface area (Å²) in [7, 11) is 0. The van der Waals surface area contributed by atoms with Crippen molar-refractivity contribution in [1.29, 1.82) is 0 Å². The van der Waals surface area contributed by atoms with Crippen LogP contribution in [0.1, 0.15) is 47.3 Å². The number of carbonyl (C=O) groups excluding carboxylic acids is 2. The SMILES string of the molecule is CC(C)=CC(=O)N(CCCOc1ccc(C[C@H](Nc2ccccc2C(=O)c2ccccc2)C(=O)O)cc1)c1cccc(C)c1. The lowest BCUT2D eigenvalue weighted by Crippen LogP contribution is -2.32. The molecule has 0 heterocycles. The zero-order valence-corrected chi connectivity index (χ0v) is 25.3. The highest BCUT2D eigenvalue weighted by atomic mass is 16.5. The van der Waals surface area contributed by atoms with Crippen LogP contribution in [0.4, 0.5) is 11.4 Å². The number of allylic oxidation sites excluding steroid dienone is 1. The highest BCUT2D eigenvalue weighted by molar-refractivity contribution is 6.12. The fourth-order valence-electron chi connectivity index (χ4n) is 4.80. The van der Waals surface area contributed by atoms with Crippen molar-refractivity contribution < 1.29 is 24.2 Å². The van der Waals surface area contributed by atoms with E-state index in [-0.39, 0.29) is 18.1 Å². The van der Waals surface area contributed by atoms with Gasteiger partial charge in [0.1, 0.15) is 11.8 Å². The van der Waals surface area contributed by atoms with Crippen LogP contribution in [-0.2, 0) is 16.0 Å². The van der Waals surface area contributed by atoms with Crippen molar-refractivity contribution in [2.45, 2.75) is 39.7 Å². The summed E-state index contributed by atoms with van der Waals surface area (Å²) in [6.07, 6.45) is 2.48. The Balaban J connectivity index is 1.35. The van der Waals surface area contributed by atoms with E-state index < -0.39 is 12.0 Å². The molecular weight excluding hydrogens is 552 g/mol. The monoisotopic (exact) mass is 590 g/mol. The van der Waals surface area contributed by atoms with Crippen molar-refractivity contribution in [2.75, 3.05) is 23.4 Å². The van der Waals surface area contributed by atoms with E-state index >= 15 is 0 Å². The van der Waals surface area contributed by atoms with Gasteiger partial charge in [0.05, 0.1) is 6.61 Å². The summed E-state index contributed by atoms with van der Waals surface area (Å²) in [5, 5.41) is 13.0. The topological polar surface area (TPSA) is 95.9 Å². The molecule has 0 aromatic heterocycles. The van der Waals surface area contributed by atoms with Crippen molar-refractivity contribution in [3.63, 3.8) is 0 Å². The van der Waals surface area contributed by atoms with Gasteiger partial charge in [0, 0.05) is 41.5 Å². The van der Waals surface area contributed by atoms with Gasteiger partial charge in [-0.25, -0.2) is 4.79 Å². The molecule has 7 heteroatoms. The second-order valence-corrected chi connectivity index (χ2v) is 10.9. The first-order chi connectivity index (χ1) is 21.2. The van der Waals surface area contributed by atoms with Crippen molar-refractivity contribution in [3.05, 3.63) is 137 Å². The fourth-order valence-corrected chi connectivity index (χ4v) is 4.80. The third-order valence-corrected chi connectivity index (χ3v) is 6.98. The Morgan fingerprint density at radius 2 is 1.59 bits per heavy atom. The van der Waals surface area contributed by atoms with E-state index in [1.165, 1.54) is 0 Å². The Labute approximate surface area is 258 Å². The fraction of sp³-hybridized carbons (Fsp3) is 0.216. The number of hydrogen-bond acceptors (Lipinski definition) is 5. The minimum atomic E-state index is -1.02. The quantitative estimate of drug-likeness (QED) is 0.0924. The predicted molar refractivity (Wildman–Crippen MR) is 175 cm³/mol. The maximum absolute atomic E-state index is 13.1. The molecular formula is C37H38N2O5. The predicted octanol–water partition coefficient (Wildman–Crippen LogP) is 7.10. The summed E-state index contributed by atoms with van der Waals surface area (Å²) >= 11 is 0. The van der Waals surface area contributed by atoms with Crippen molar-refractivity contribution >= 4 is 29.0 Å². The van der Waals surface area contributed by atoms with Crippen LogP contribution in [0.3, 0.4) is 0 Å². The molecule has 0 aliphatic rings. The smallest absolute Gasteiger partial charge is 0.326 e. The van der Waals surface area contributed by atoms with Crippen LogP contribution in [-0.4, -0.2) is 42.0 Å². The summed E-state index contributed by atoms with van der Waals surface area (Å²) in [4.78, 5) is 39.9. The van der Waals surface area contributed by atoms with Crippen LogP contribution in [0.2, 0.25) is 0 Å². The maximum atomic E-state index is 13.1. The van der Waals surface area contributed by atoms with Gasteiger partial charge in [-0.2, -0.15) is 0 Å². The number of rotatable bonds is 14. The molecule has 0 fully saturated rings. The van der Waals surface area contributed by atoms with Gasteiger partial charge in [-0.1, -0.05) is 72.3 Å². The molecule has 4 rings (SSSR count). The summed E-state index contributed by atoms with van der Waals surface area (Å²) in [6, 6.07) is 30.1. The van der Waals surface area contributed by atoms with Crippen molar-refractivity contribution in [1.82, 2.24) is 0 Å². The molecule has 226 valence electrons. The molecule has 0 aliphatic heterocycles. The van der Waals surface area contributed by atoms with E-state index in [2.05, 4.69) is 5.32 Å². The van der Waals surface area contributed by atoms with Gasteiger partial charge in [-0.3, -0.25) is 9.59 Å². The summed E-state index contributed by atoms with van der Waals surface area (Å²) in [6.45, 7) is 6.72. The Morgan fingerprint density at radius 3 is 2.27 bits per heavy atom. The lowest BCUT2D eigenvalue weighted by molar-refractivity contribution is -0.137. The molecule has 7 nitrogen and oxygen atoms in total. The number of carboxylic acid groups (broad SMARTS) is 1. The van der Waals surface area contributed by atoms with Gasteiger partial charge in [0.15, 0.2) is 5.78 Å². The van der Waals surface area contributed by atoms with Gasteiger partial charge in [-0.15, -0.1) is 0 Å². The molecule has 1 amide bonds. The van der Waals surface area contributed by atoms with E-state index in [1.54, 1.807) is 59.5 Å². The Hall–Kier alpha value is -5.17. The minimum Gasteiger partial charge on any atom is -0.494 e.